The van der Waals surface area contributed by atoms with Gasteiger partial charge in [-0.2, -0.15) is 0 Å². The molecule has 3 heteroatoms. The minimum Gasteiger partial charge on any atom is -0.390 e. The number of fused-ring (bicyclic) bond motifs is 2. The number of nitrogens with zero attached hydrogens (tertiary/aromatic N) is 1. The van der Waals surface area contributed by atoms with E-state index in [2.05, 4.69) is 11.9 Å². The molecule has 1 aromatic rings. The molecular weight excluding hydrogens is 253 g/mol. The number of piperidine rings is 2. The van der Waals surface area contributed by atoms with Gasteiger partial charge in [-0.25, -0.2) is 4.39 Å². The summed E-state index contributed by atoms with van der Waals surface area (Å²) in [7, 11) is 2.20. The summed E-state index contributed by atoms with van der Waals surface area (Å²) in [6, 6.07) is 7.75. The van der Waals surface area contributed by atoms with E-state index in [0.717, 1.165) is 31.2 Å². The lowest BCUT2D eigenvalue weighted by Crippen LogP contribution is -2.56. The second-order valence-electron chi connectivity index (χ2n) is 6.66. The fourth-order valence-electron chi connectivity index (χ4n) is 3.98. The van der Waals surface area contributed by atoms with E-state index in [1.54, 1.807) is 0 Å². The van der Waals surface area contributed by atoms with Crippen LogP contribution in [0, 0.1) is 5.82 Å². The van der Waals surface area contributed by atoms with Gasteiger partial charge in [0.25, 0.3) is 0 Å². The Morgan fingerprint density at radius 3 is 2.40 bits per heavy atom. The number of rotatable bonds is 3. The number of aryl methyl sites for hydroxylation is 1. The number of hydrogen-bond acceptors (Lipinski definition) is 2. The van der Waals surface area contributed by atoms with Gasteiger partial charge in [0.05, 0.1) is 5.60 Å². The van der Waals surface area contributed by atoms with Crippen LogP contribution >= 0.6 is 0 Å². The van der Waals surface area contributed by atoms with E-state index in [1.165, 1.54) is 31.4 Å². The Bertz CT molecular complexity index is 445. The highest BCUT2D eigenvalue weighted by Gasteiger charge is 2.43. The molecule has 2 aliphatic rings. The van der Waals surface area contributed by atoms with Crippen molar-refractivity contribution in [2.45, 2.75) is 62.6 Å². The molecule has 1 aromatic carbocycles. The van der Waals surface area contributed by atoms with Crippen molar-refractivity contribution < 1.29 is 9.50 Å². The van der Waals surface area contributed by atoms with Crippen LogP contribution in [0.5, 0.6) is 0 Å². The average molecular weight is 277 g/mol. The summed E-state index contributed by atoms with van der Waals surface area (Å²) in [4.78, 5) is 2.47. The van der Waals surface area contributed by atoms with Gasteiger partial charge < -0.3 is 10.0 Å². The van der Waals surface area contributed by atoms with Crippen molar-refractivity contribution in [1.29, 1.82) is 0 Å². The Morgan fingerprint density at radius 2 is 1.80 bits per heavy atom. The Morgan fingerprint density at radius 1 is 1.20 bits per heavy atom. The van der Waals surface area contributed by atoms with Crippen LogP contribution in [0.3, 0.4) is 0 Å². The second-order valence-corrected chi connectivity index (χ2v) is 6.66. The topological polar surface area (TPSA) is 23.5 Å². The van der Waals surface area contributed by atoms with E-state index >= 15 is 0 Å². The van der Waals surface area contributed by atoms with Crippen LogP contribution in [0.2, 0.25) is 0 Å². The lowest BCUT2D eigenvalue weighted by Gasteiger charge is -2.50. The average Bonchev–Trinajstić information content (AvgIpc) is 2.41. The molecule has 2 atom stereocenters. The third-order valence-electron chi connectivity index (χ3n) is 5.25. The fraction of sp³-hybridized carbons (Fsp3) is 0.647. The zero-order valence-corrected chi connectivity index (χ0v) is 12.2. The first kappa shape index (κ1) is 14.0. The molecule has 2 bridgehead atoms. The van der Waals surface area contributed by atoms with Crippen molar-refractivity contribution in [1.82, 2.24) is 4.90 Å². The molecule has 0 saturated carbocycles. The number of benzene rings is 1. The van der Waals surface area contributed by atoms with E-state index in [1.807, 2.05) is 12.1 Å². The summed E-state index contributed by atoms with van der Waals surface area (Å²) in [5.41, 5.74) is 0.584. The summed E-state index contributed by atoms with van der Waals surface area (Å²) in [6.07, 6.45) is 7.13. The normalized spacial score (nSPS) is 34.1. The monoisotopic (exact) mass is 277 g/mol. The standard InChI is InChI=1S/C17H24FNO/c1-19-15-3-2-4-16(19)12-17(20,11-15)10-9-13-5-7-14(18)8-6-13/h5-8,15-16,20H,2-4,9-12H2,1H3. The third kappa shape index (κ3) is 2.89. The number of aliphatic hydroxyl groups is 1. The molecule has 3 rings (SSSR count). The maximum absolute atomic E-state index is 12.9. The van der Waals surface area contributed by atoms with Gasteiger partial charge >= 0.3 is 0 Å². The number of halogens is 1. The Kier molecular flexibility index (Phi) is 3.83. The van der Waals surface area contributed by atoms with Gasteiger partial charge in [-0.1, -0.05) is 18.6 Å². The molecule has 0 amide bonds. The van der Waals surface area contributed by atoms with Crippen molar-refractivity contribution in [3.8, 4) is 0 Å². The van der Waals surface area contributed by atoms with E-state index in [9.17, 15) is 9.50 Å². The van der Waals surface area contributed by atoms with Crippen LogP contribution in [-0.2, 0) is 6.42 Å². The Hall–Kier alpha value is -0.930. The van der Waals surface area contributed by atoms with Crippen molar-refractivity contribution in [2.24, 2.45) is 0 Å². The highest BCUT2D eigenvalue weighted by Crippen LogP contribution is 2.40. The maximum atomic E-state index is 12.9. The van der Waals surface area contributed by atoms with Crippen molar-refractivity contribution in [3.63, 3.8) is 0 Å². The van der Waals surface area contributed by atoms with Crippen molar-refractivity contribution in [3.05, 3.63) is 35.6 Å². The summed E-state index contributed by atoms with van der Waals surface area (Å²) in [5.74, 6) is -0.193. The molecule has 0 spiro atoms. The van der Waals surface area contributed by atoms with E-state index in [4.69, 9.17) is 0 Å². The van der Waals surface area contributed by atoms with Gasteiger partial charge in [0.2, 0.25) is 0 Å². The molecule has 2 aliphatic heterocycles. The molecule has 2 nitrogen and oxygen atoms in total. The molecule has 2 unspecified atom stereocenters. The van der Waals surface area contributed by atoms with Crippen LogP contribution in [-0.4, -0.2) is 34.7 Å². The zero-order valence-electron chi connectivity index (χ0n) is 12.2. The first-order chi connectivity index (χ1) is 9.56. The molecule has 2 saturated heterocycles. The zero-order chi connectivity index (χ0) is 14.2. The van der Waals surface area contributed by atoms with Crippen LogP contribution in [0.15, 0.2) is 24.3 Å². The molecular formula is C17H24FNO. The SMILES string of the molecule is CN1C2CCCC1CC(O)(CCc1ccc(F)cc1)C2. The first-order valence-electron chi connectivity index (χ1n) is 7.74. The Labute approximate surface area is 120 Å². The van der Waals surface area contributed by atoms with E-state index < -0.39 is 5.60 Å². The van der Waals surface area contributed by atoms with E-state index in [-0.39, 0.29) is 5.82 Å². The summed E-state index contributed by atoms with van der Waals surface area (Å²) < 4.78 is 12.9. The lowest BCUT2D eigenvalue weighted by molar-refractivity contribution is -0.0866. The van der Waals surface area contributed by atoms with Crippen molar-refractivity contribution in [2.75, 3.05) is 7.05 Å². The van der Waals surface area contributed by atoms with Crippen LogP contribution < -0.4 is 0 Å². The van der Waals surface area contributed by atoms with Crippen LogP contribution in [0.1, 0.15) is 44.1 Å². The van der Waals surface area contributed by atoms with Gasteiger partial charge in [0.1, 0.15) is 5.82 Å². The highest BCUT2D eigenvalue weighted by atomic mass is 19.1. The third-order valence-corrected chi connectivity index (χ3v) is 5.25. The molecule has 2 heterocycles. The van der Waals surface area contributed by atoms with Gasteiger partial charge in [0, 0.05) is 12.1 Å². The van der Waals surface area contributed by atoms with Gasteiger partial charge in [0.15, 0.2) is 0 Å². The quantitative estimate of drug-likeness (QED) is 0.917. The number of hydrogen-bond donors (Lipinski definition) is 1. The van der Waals surface area contributed by atoms with Crippen LogP contribution in [0.4, 0.5) is 4.39 Å². The molecule has 0 aromatic heterocycles. The lowest BCUT2D eigenvalue weighted by atomic mass is 9.73. The largest absolute Gasteiger partial charge is 0.390 e. The highest BCUT2D eigenvalue weighted by molar-refractivity contribution is 5.16. The molecule has 0 radical (unpaired) electrons. The first-order valence-corrected chi connectivity index (χ1v) is 7.74. The molecule has 1 N–H and O–H groups in total. The minimum atomic E-state index is -0.531. The van der Waals surface area contributed by atoms with Crippen molar-refractivity contribution >= 4 is 0 Å². The maximum Gasteiger partial charge on any atom is 0.123 e. The second kappa shape index (κ2) is 5.45. The Balaban J connectivity index is 1.63. The molecule has 2 fully saturated rings. The minimum absolute atomic E-state index is 0.193. The smallest absolute Gasteiger partial charge is 0.123 e. The van der Waals surface area contributed by atoms with Crippen LogP contribution in [0.25, 0.3) is 0 Å². The summed E-state index contributed by atoms with van der Waals surface area (Å²) in [6.45, 7) is 0. The summed E-state index contributed by atoms with van der Waals surface area (Å²) in [5, 5.41) is 10.9. The van der Waals surface area contributed by atoms with Gasteiger partial charge in [-0.05, 0) is 63.3 Å². The molecule has 110 valence electrons. The van der Waals surface area contributed by atoms with Gasteiger partial charge in [-0.3, -0.25) is 0 Å². The summed E-state index contributed by atoms with van der Waals surface area (Å²) >= 11 is 0. The predicted molar refractivity (Wildman–Crippen MR) is 78.1 cm³/mol. The molecule has 20 heavy (non-hydrogen) atoms. The fourth-order valence-corrected chi connectivity index (χ4v) is 3.98. The van der Waals surface area contributed by atoms with Gasteiger partial charge in [-0.15, -0.1) is 0 Å². The van der Waals surface area contributed by atoms with E-state index in [0.29, 0.717) is 12.1 Å². The predicted octanol–water partition coefficient (Wildman–Crippen LogP) is 3.14. The molecule has 0 aliphatic carbocycles.